The van der Waals surface area contributed by atoms with Crippen LogP contribution in [0, 0.1) is 5.82 Å². The zero-order valence-electron chi connectivity index (χ0n) is 10.3. The van der Waals surface area contributed by atoms with Crippen molar-refractivity contribution in [2.75, 3.05) is 0 Å². The molecule has 0 bridgehead atoms. The molecule has 1 heterocycles. The summed E-state index contributed by atoms with van der Waals surface area (Å²) in [4.78, 5) is 0. The number of halogens is 2. The van der Waals surface area contributed by atoms with Gasteiger partial charge >= 0.3 is 0 Å². The van der Waals surface area contributed by atoms with Crippen LogP contribution in [0.2, 0.25) is 0 Å². The molecule has 2 aromatic rings. The van der Waals surface area contributed by atoms with E-state index in [4.69, 9.17) is 0 Å². The van der Waals surface area contributed by atoms with E-state index in [1.165, 1.54) is 6.07 Å². The van der Waals surface area contributed by atoms with E-state index in [2.05, 4.69) is 26.3 Å². The van der Waals surface area contributed by atoms with E-state index >= 15 is 0 Å². The first kappa shape index (κ1) is 13.2. The summed E-state index contributed by atoms with van der Waals surface area (Å²) in [6.45, 7) is 2.56. The number of rotatable bonds is 4. The van der Waals surface area contributed by atoms with Gasteiger partial charge < -0.3 is 5.32 Å². The maximum atomic E-state index is 13.7. The summed E-state index contributed by atoms with van der Waals surface area (Å²) < 4.78 is 16.2. The normalized spacial score (nSPS) is 12.7. The lowest BCUT2D eigenvalue weighted by atomic mass is 10.1. The average molecular weight is 312 g/mol. The second kappa shape index (κ2) is 5.63. The summed E-state index contributed by atoms with van der Waals surface area (Å²) in [6, 6.07) is 7.00. The zero-order valence-corrected chi connectivity index (χ0v) is 11.9. The van der Waals surface area contributed by atoms with Crippen LogP contribution in [-0.2, 0) is 13.6 Å². The van der Waals surface area contributed by atoms with Crippen molar-refractivity contribution in [3.05, 3.63) is 52.0 Å². The Bertz CT molecular complexity index is 539. The molecule has 0 saturated carbocycles. The summed E-state index contributed by atoms with van der Waals surface area (Å²) >= 11 is 3.25. The molecule has 0 aliphatic carbocycles. The molecule has 18 heavy (non-hydrogen) atoms. The number of nitrogens with zero attached hydrogens (tertiary/aromatic N) is 2. The highest BCUT2D eigenvalue weighted by molar-refractivity contribution is 9.10. The Kier molecular flexibility index (Phi) is 4.14. The Labute approximate surface area is 114 Å². The number of hydrogen-bond acceptors (Lipinski definition) is 2. The molecule has 1 N–H and O–H groups in total. The Morgan fingerprint density at radius 1 is 1.44 bits per heavy atom. The van der Waals surface area contributed by atoms with Crippen molar-refractivity contribution in [1.82, 2.24) is 15.1 Å². The summed E-state index contributed by atoms with van der Waals surface area (Å²) in [5.41, 5.74) is 1.61. The van der Waals surface area contributed by atoms with Crippen molar-refractivity contribution in [1.29, 1.82) is 0 Å². The van der Waals surface area contributed by atoms with E-state index in [9.17, 15) is 4.39 Å². The Morgan fingerprint density at radius 3 is 2.83 bits per heavy atom. The number of nitrogens with one attached hydrogen (secondary N) is 1. The lowest BCUT2D eigenvalue weighted by Crippen LogP contribution is -2.19. The molecular weight excluding hydrogens is 297 g/mol. The van der Waals surface area contributed by atoms with Gasteiger partial charge in [0.1, 0.15) is 5.82 Å². The van der Waals surface area contributed by atoms with Gasteiger partial charge in [0.05, 0.1) is 5.69 Å². The topological polar surface area (TPSA) is 29.9 Å². The van der Waals surface area contributed by atoms with Crippen LogP contribution in [0.1, 0.15) is 24.2 Å². The highest BCUT2D eigenvalue weighted by Crippen LogP contribution is 2.21. The molecular formula is C13H15BrFN3. The fraction of sp³-hybridized carbons (Fsp3) is 0.308. The quantitative estimate of drug-likeness (QED) is 0.940. The minimum Gasteiger partial charge on any atom is -0.304 e. The minimum atomic E-state index is -0.203. The van der Waals surface area contributed by atoms with E-state index in [1.54, 1.807) is 10.7 Å². The van der Waals surface area contributed by atoms with Crippen molar-refractivity contribution >= 4 is 15.9 Å². The predicted octanol–water partition coefficient (Wildman–Crippen LogP) is 3.17. The van der Waals surface area contributed by atoms with Crippen molar-refractivity contribution in [3.8, 4) is 0 Å². The molecule has 0 amide bonds. The van der Waals surface area contributed by atoms with Crippen LogP contribution in [0.4, 0.5) is 4.39 Å². The molecule has 0 spiro atoms. The Morgan fingerprint density at radius 2 is 2.22 bits per heavy atom. The monoisotopic (exact) mass is 311 g/mol. The second-order valence-corrected chi connectivity index (χ2v) is 5.16. The molecule has 1 unspecified atom stereocenters. The van der Waals surface area contributed by atoms with Crippen molar-refractivity contribution in [2.45, 2.75) is 19.5 Å². The van der Waals surface area contributed by atoms with Crippen LogP contribution >= 0.6 is 15.9 Å². The molecule has 2 rings (SSSR count). The summed E-state index contributed by atoms with van der Waals surface area (Å²) in [7, 11) is 1.88. The van der Waals surface area contributed by atoms with E-state index in [1.807, 2.05) is 32.3 Å². The van der Waals surface area contributed by atoms with Gasteiger partial charge in [0, 0.05) is 35.9 Å². The molecule has 96 valence electrons. The number of aromatic nitrogens is 2. The van der Waals surface area contributed by atoms with Gasteiger partial charge in [0.2, 0.25) is 0 Å². The summed E-state index contributed by atoms with van der Waals surface area (Å²) in [6.07, 6.45) is 1.89. The predicted molar refractivity (Wildman–Crippen MR) is 72.6 cm³/mol. The number of hydrogen-bond donors (Lipinski definition) is 1. The van der Waals surface area contributed by atoms with E-state index in [0.29, 0.717) is 12.1 Å². The first-order valence-corrected chi connectivity index (χ1v) is 6.52. The van der Waals surface area contributed by atoms with Crippen LogP contribution in [0.3, 0.4) is 0 Å². The van der Waals surface area contributed by atoms with Crippen LogP contribution in [-0.4, -0.2) is 9.78 Å². The van der Waals surface area contributed by atoms with Gasteiger partial charge in [-0.15, -0.1) is 0 Å². The molecule has 0 saturated heterocycles. The molecule has 0 aliphatic heterocycles. The maximum absolute atomic E-state index is 13.7. The lowest BCUT2D eigenvalue weighted by molar-refractivity contribution is 0.521. The van der Waals surface area contributed by atoms with Crippen molar-refractivity contribution in [2.24, 2.45) is 7.05 Å². The van der Waals surface area contributed by atoms with E-state index in [0.717, 1.165) is 10.2 Å². The fourth-order valence-electron chi connectivity index (χ4n) is 1.78. The van der Waals surface area contributed by atoms with Gasteiger partial charge in [-0.3, -0.25) is 4.68 Å². The average Bonchev–Trinajstić information content (AvgIpc) is 2.72. The second-order valence-electron chi connectivity index (χ2n) is 4.25. The largest absolute Gasteiger partial charge is 0.304 e. The molecule has 1 atom stereocenters. The van der Waals surface area contributed by atoms with Gasteiger partial charge in [0.25, 0.3) is 0 Å². The van der Waals surface area contributed by atoms with Gasteiger partial charge in [-0.2, -0.15) is 5.10 Å². The van der Waals surface area contributed by atoms with Crippen LogP contribution in [0.25, 0.3) is 0 Å². The van der Waals surface area contributed by atoms with Gasteiger partial charge in [-0.1, -0.05) is 22.0 Å². The fourth-order valence-corrected chi connectivity index (χ4v) is 2.11. The molecule has 3 nitrogen and oxygen atoms in total. The SMILES string of the molecule is CC(NCc1ccn(C)n1)c1ccc(Br)cc1F. The van der Waals surface area contributed by atoms with E-state index < -0.39 is 0 Å². The maximum Gasteiger partial charge on any atom is 0.129 e. The molecule has 0 fully saturated rings. The first-order chi connectivity index (χ1) is 8.56. The number of aryl methyl sites for hydroxylation is 1. The van der Waals surface area contributed by atoms with Crippen molar-refractivity contribution in [3.63, 3.8) is 0 Å². The standard InChI is InChI=1S/C13H15BrFN3/c1-9(12-4-3-10(14)7-13(12)15)16-8-11-5-6-18(2)17-11/h3-7,9,16H,8H2,1-2H3. The third-order valence-electron chi connectivity index (χ3n) is 2.79. The first-order valence-electron chi connectivity index (χ1n) is 5.73. The third-order valence-corrected chi connectivity index (χ3v) is 3.28. The van der Waals surface area contributed by atoms with Crippen LogP contribution in [0.15, 0.2) is 34.9 Å². The zero-order chi connectivity index (χ0) is 13.1. The highest BCUT2D eigenvalue weighted by Gasteiger charge is 2.11. The summed E-state index contributed by atoms with van der Waals surface area (Å²) in [5, 5.41) is 7.52. The third kappa shape index (κ3) is 3.17. The number of benzene rings is 1. The minimum absolute atomic E-state index is 0.0555. The Balaban J connectivity index is 2.01. The molecule has 5 heteroatoms. The van der Waals surface area contributed by atoms with Crippen LogP contribution < -0.4 is 5.32 Å². The summed E-state index contributed by atoms with van der Waals surface area (Å²) in [5.74, 6) is -0.203. The smallest absolute Gasteiger partial charge is 0.129 e. The molecule has 0 aliphatic rings. The van der Waals surface area contributed by atoms with Gasteiger partial charge in [-0.05, 0) is 25.1 Å². The molecule has 1 aromatic carbocycles. The van der Waals surface area contributed by atoms with Crippen LogP contribution in [0.5, 0.6) is 0 Å². The van der Waals surface area contributed by atoms with Crippen molar-refractivity contribution < 1.29 is 4.39 Å². The van der Waals surface area contributed by atoms with Gasteiger partial charge in [0.15, 0.2) is 0 Å². The van der Waals surface area contributed by atoms with E-state index in [-0.39, 0.29) is 11.9 Å². The lowest BCUT2D eigenvalue weighted by Gasteiger charge is -2.14. The molecule has 1 aromatic heterocycles. The molecule has 0 radical (unpaired) electrons. The highest BCUT2D eigenvalue weighted by atomic mass is 79.9. The Hall–Kier alpha value is -1.20. The van der Waals surface area contributed by atoms with Gasteiger partial charge in [-0.25, -0.2) is 4.39 Å².